The van der Waals surface area contributed by atoms with Crippen molar-refractivity contribution in [2.24, 2.45) is 11.1 Å². The third kappa shape index (κ3) is 4.55. The molecule has 0 saturated carbocycles. The zero-order valence-electron chi connectivity index (χ0n) is 13.8. The largest absolute Gasteiger partial charge is 0.338 e. The summed E-state index contributed by atoms with van der Waals surface area (Å²) in [7, 11) is -3.53. The summed E-state index contributed by atoms with van der Waals surface area (Å²) in [5.74, 6) is -0.206. The van der Waals surface area contributed by atoms with Crippen molar-refractivity contribution in [3.63, 3.8) is 0 Å². The second kappa shape index (κ2) is 7.21. The van der Waals surface area contributed by atoms with Gasteiger partial charge in [-0.1, -0.05) is 30.3 Å². The second-order valence-corrected chi connectivity index (χ2v) is 8.62. The number of nitrogens with two attached hydrogens (primary N) is 1. The molecule has 2 N–H and O–H groups in total. The van der Waals surface area contributed by atoms with E-state index < -0.39 is 10.0 Å². The molecule has 6 nitrogen and oxygen atoms in total. The fourth-order valence-corrected chi connectivity index (χ4v) is 4.75. The van der Waals surface area contributed by atoms with Crippen LogP contribution in [0.4, 0.5) is 0 Å². The van der Waals surface area contributed by atoms with Crippen molar-refractivity contribution < 1.29 is 13.2 Å². The topological polar surface area (TPSA) is 83.7 Å². The van der Waals surface area contributed by atoms with Crippen molar-refractivity contribution in [1.29, 1.82) is 0 Å². The van der Waals surface area contributed by atoms with E-state index in [-0.39, 0.29) is 23.6 Å². The number of sulfonamides is 1. The van der Waals surface area contributed by atoms with Gasteiger partial charge in [0.15, 0.2) is 0 Å². The molecule has 0 radical (unpaired) electrons. The normalized spacial score (nSPS) is 26.0. The second-order valence-electron chi connectivity index (χ2n) is 6.96. The van der Waals surface area contributed by atoms with Gasteiger partial charge in [-0.3, -0.25) is 9.69 Å². The lowest BCUT2D eigenvalue weighted by Crippen LogP contribution is -2.48. The molecule has 24 heavy (non-hydrogen) atoms. The lowest BCUT2D eigenvalue weighted by atomic mass is 10.0. The number of carbonyl (C=O) groups excluding carboxylic acids is 1. The Morgan fingerprint density at radius 2 is 1.92 bits per heavy atom. The van der Waals surface area contributed by atoms with Gasteiger partial charge in [0.1, 0.15) is 0 Å². The lowest BCUT2D eigenvalue weighted by Gasteiger charge is -2.37. The maximum atomic E-state index is 12.3. The number of primary sulfonamides is 1. The maximum Gasteiger partial charge on any atom is 0.223 e. The number of hydrogen-bond donors (Lipinski definition) is 1. The van der Waals surface area contributed by atoms with E-state index in [0.717, 1.165) is 32.5 Å². The molecule has 2 saturated heterocycles. The molecule has 0 spiro atoms. The minimum Gasteiger partial charge on any atom is -0.338 e. The average Bonchev–Trinajstić information content (AvgIpc) is 2.87. The Balaban J connectivity index is 1.59. The number of rotatable bonds is 5. The van der Waals surface area contributed by atoms with E-state index in [0.29, 0.717) is 13.0 Å². The predicted octanol–water partition coefficient (Wildman–Crippen LogP) is 0.788. The van der Waals surface area contributed by atoms with Crippen LogP contribution >= 0.6 is 0 Å². The number of benzene rings is 1. The maximum absolute atomic E-state index is 12.3. The highest BCUT2D eigenvalue weighted by Gasteiger charge is 2.37. The Hall–Kier alpha value is -1.44. The molecule has 2 atom stereocenters. The van der Waals surface area contributed by atoms with Crippen molar-refractivity contribution in [3.05, 3.63) is 35.9 Å². The number of carbonyl (C=O) groups is 1. The van der Waals surface area contributed by atoms with Crippen LogP contribution in [0.2, 0.25) is 0 Å². The van der Waals surface area contributed by atoms with Crippen molar-refractivity contribution in [3.8, 4) is 0 Å². The van der Waals surface area contributed by atoms with Gasteiger partial charge in [-0.15, -0.1) is 0 Å². The smallest absolute Gasteiger partial charge is 0.223 e. The summed E-state index contributed by atoms with van der Waals surface area (Å²) >= 11 is 0. The summed E-state index contributed by atoms with van der Waals surface area (Å²) < 4.78 is 22.5. The van der Waals surface area contributed by atoms with Crippen LogP contribution in [0.25, 0.3) is 0 Å². The predicted molar refractivity (Wildman–Crippen MR) is 92.5 cm³/mol. The van der Waals surface area contributed by atoms with Crippen molar-refractivity contribution in [2.75, 3.05) is 25.4 Å². The van der Waals surface area contributed by atoms with E-state index in [2.05, 4.69) is 17.0 Å². The Morgan fingerprint density at radius 3 is 2.62 bits per heavy atom. The van der Waals surface area contributed by atoms with E-state index in [9.17, 15) is 13.2 Å². The molecular weight excluding hydrogens is 326 g/mol. The third-order valence-electron chi connectivity index (χ3n) is 4.88. The Kier molecular flexibility index (Phi) is 5.22. The Bertz CT molecular complexity index is 678. The molecule has 2 heterocycles. The molecule has 1 aromatic rings. The molecule has 3 rings (SSSR count). The van der Waals surface area contributed by atoms with Crippen LogP contribution in [0.5, 0.6) is 0 Å². The molecule has 132 valence electrons. The molecule has 1 amide bonds. The third-order valence-corrected chi connectivity index (χ3v) is 5.81. The molecule has 2 aliphatic rings. The molecule has 0 bridgehead atoms. The first-order valence-corrected chi connectivity index (χ1v) is 10.2. The van der Waals surface area contributed by atoms with Gasteiger partial charge in [-0.25, -0.2) is 13.6 Å². The zero-order valence-corrected chi connectivity index (χ0v) is 14.6. The molecule has 2 fully saturated rings. The quantitative estimate of drug-likeness (QED) is 0.850. The average molecular weight is 351 g/mol. The number of nitrogens with zero attached hydrogens (tertiary/aromatic N) is 2. The monoisotopic (exact) mass is 351 g/mol. The van der Waals surface area contributed by atoms with E-state index in [1.807, 2.05) is 23.1 Å². The van der Waals surface area contributed by atoms with Crippen LogP contribution in [0, 0.1) is 5.92 Å². The van der Waals surface area contributed by atoms with Crippen molar-refractivity contribution in [1.82, 2.24) is 9.80 Å². The molecule has 2 aliphatic heterocycles. The van der Waals surface area contributed by atoms with E-state index in [1.54, 1.807) is 0 Å². The minimum absolute atomic E-state index is 0.0650. The summed E-state index contributed by atoms with van der Waals surface area (Å²) in [4.78, 5) is 16.6. The fraction of sp³-hybridized carbons (Fsp3) is 0.588. The highest BCUT2D eigenvalue weighted by atomic mass is 32.2. The van der Waals surface area contributed by atoms with Crippen molar-refractivity contribution in [2.45, 2.75) is 31.8 Å². The van der Waals surface area contributed by atoms with E-state index >= 15 is 0 Å². The molecule has 1 unspecified atom stereocenters. The summed E-state index contributed by atoms with van der Waals surface area (Å²) in [5.41, 5.74) is 1.28. The molecule has 1 aromatic carbocycles. The zero-order chi connectivity index (χ0) is 17.2. The van der Waals surface area contributed by atoms with Crippen LogP contribution in [0.3, 0.4) is 0 Å². The summed E-state index contributed by atoms with van der Waals surface area (Å²) in [5, 5.41) is 5.13. The van der Waals surface area contributed by atoms with Gasteiger partial charge in [0, 0.05) is 38.0 Å². The fourth-order valence-electron chi connectivity index (χ4n) is 3.87. The molecule has 7 heteroatoms. The highest BCUT2D eigenvalue weighted by molar-refractivity contribution is 7.89. The highest BCUT2D eigenvalue weighted by Crippen LogP contribution is 2.26. The number of amides is 1. The van der Waals surface area contributed by atoms with Gasteiger partial charge in [0.05, 0.1) is 5.75 Å². The van der Waals surface area contributed by atoms with Gasteiger partial charge in [-0.05, 0) is 24.9 Å². The Morgan fingerprint density at radius 1 is 1.17 bits per heavy atom. The van der Waals surface area contributed by atoms with Crippen LogP contribution < -0.4 is 5.14 Å². The van der Waals surface area contributed by atoms with Crippen LogP contribution in [-0.4, -0.2) is 55.6 Å². The molecular formula is C17H25N3O3S. The van der Waals surface area contributed by atoms with E-state index in [4.69, 9.17) is 5.14 Å². The standard InChI is InChI=1S/C17H25N3O3S/c18-24(22,23)13-15-9-17(21)20(11-15)16-7-4-8-19(12-16)10-14-5-2-1-3-6-14/h1-3,5-6,15-16H,4,7-13H2,(H2,18,22,23)/t15?,16-/m1/s1. The summed E-state index contributed by atoms with van der Waals surface area (Å²) in [6.07, 6.45) is 2.34. The van der Waals surface area contributed by atoms with Gasteiger partial charge >= 0.3 is 0 Å². The van der Waals surface area contributed by atoms with Gasteiger partial charge < -0.3 is 4.90 Å². The first-order chi connectivity index (χ1) is 11.4. The SMILES string of the molecule is NS(=O)(=O)CC1CC(=O)N([C@@H]2CCCN(Cc3ccccc3)C2)C1. The summed E-state index contributed by atoms with van der Waals surface area (Å²) in [6.45, 7) is 3.29. The number of hydrogen-bond acceptors (Lipinski definition) is 4. The van der Waals surface area contributed by atoms with Crippen LogP contribution in [-0.2, 0) is 21.4 Å². The Labute approximate surface area is 143 Å². The van der Waals surface area contributed by atoms with E-state index in [1.165, 1.54) is 5.56 Å². The molecule has 0 aromatic heterocycles. The van der Waals surface area contributed by atoms with Crippen LogP contribution in [0.1, 0.15) is 24.8 Å². The number of likely N-dealkylation sites (tertiary alicyclic amines) is 2. The molecule has 0 aliphatic carbocycles. The first kappa shape index (κ1) is 17.4. The van der Waals surface area contributed by atoms with Gasteiger partial charge in [0.2, 0.25) is 15.9 Å². The summed E-state index contributed by atoms with van der Waals surface area (Å²) in [6, 6.07) is 10.5. The van der Waals surface area contributed by atoms with Gasteiger partial charge in [-0.2, -0.15) is 0 Å². The number of piperidine rings is 1. The van der Waals surface area contributed by atoms with Gasteiger partial charge in [0.25, 0.3) is 0 Å². The van der Waals surface area contributed by atoms with Crippen molar-refractivity contribution >= 4 is 15.9 Å². The lowest BCUT2D eigenvalue weighted by molar-refractivity contribution is -0.130. The minimum atomic E-state index is -3.53. The first-order valence-electron chi connectivity index (χ1n) is 8.47. The van der Waals surface area contributed by atoms with Crippen LogP contribution in [0.15, 0.2) is 30.3 Å².